The molecule has 1 unspecified atom stereocenters. The molecule has 0 radical (unpaired) electrons. The molecule has 0 aromatic heterocycles. The van der Waals surface area contributed by atoms with Crippen molar-refractivity contribution in [1.29, 1.82) is 0 Å². The van der Waals surface area contributed by atoms with Crippen LogP contribution in [0.4, 0.5) is 0 Å². The van der Waals surface area contributed by atoms with Gasteiger partial charge in [0, 0.05) is 0 Å². The van der Waals surface area contributed by atoms with Gasteiger partial charge in [-0.2, -0.15) is 0 Å². The first kappa shape index (κ1) is 10.6. The zero-order valence-electron chi connectivity index (χ0n) is 8.36. The fraction of sp³-hybridized carbons (Fsp3) is 0.364. The molecule has 1 aromatic carbocycles. The monoisotopic (exact) mass is 194 g/mol. The van der Waals surface area contributed by atoms with Gasteiger partial charge in [-0.25, -0.2) is 0 Å². The van der Waals surface area contributed by atoms with Gasteiger partial charge in [0.25, 0.3) is 0 Å². The minimum absolute atomic E-state index is 0.0217. The maximum Gasteiger partial charge on any atom is 0.307 e. The Bertz CT molecular complexity index is 303. The molecule has 14 heavy (non-hydrogen) atoms. The summed E-state index contributed by atoms with van der Waals surface area (Å²) in [4.78, 5) is 10.4. The summed E-state index contributed by atoms with van der Waals surface area (Å²) in [6.45, 7) is 3.73. The topological polar surface area (TPSA) is 46.5 Å². The van der Waals surface area contributed by atoms with Crippen LogP contribution in [0.5, 0.6) is 5.75 Å². The van der Waals surface area contributed by atoms with Crippen molar-refractivity contribution in [3.63, 3.8) is 0 Å². The van der Waals surface area contributed by atoms with Gasteiger partial charge < -0.3 is 9.84 Å². The second-order valence-corrected chi connectivity index (χ2v) is 3.34. The highest BCUT2D eigenvalue weighted by Gasteiger charge is 2.08. The summed E-state index contributed by atoms with van der Waals surface area (Å²) < 4.78 is 5.40. The Morgan fingerprint density at radius 1 is 1.43 bits per heavy atom. The number of hydrogen-bond donors (Lipinski definition) is 1. The molecule has 1 aromatic rings. The molecule has 0 bridgehead atoms. The van der Waals surface area contributed by atoms with Crippen LogP contribution in [0.2, 0.25) is 0 Å². The number of ether oxygens (including phenoxy) is 1. The van der Waals surface area contributed by atoms with Crippen LogP contribution in [0, 0.1) is 6.92 Å². The SMILES string of the molecule is Cc1ccc(OC(C)CC(=O)O)cc1. The van der Waals surface area contributed by atoms with Crippen molar-refractivity contribution in [2.75, 3.05) is 0 Å². The van der Waals surface area contributed by atoms with E-state index < -0.39 is 5.97 Å². The third-order valence-corrected chi connectivity index (χ3v) is 1.82. The normalized spacial score (nSPS) is 12.1. The molecule has 0 aliphatic heterocycles. The summed E-state index contributed by atoms with van der Waals surface area (Å²) in [7, 11) is 0. The van der Waals surface area contributed by atoms with Crippen LogP contribution < -0.4 is 4.74 Å². The summed E-state index contributed by atoms with van der Waals surface area (Å²) in [6.07, 6.45) is -0.274. The molecule has 1 atom stereocenters. The third-order valence-electron chi connectivity index (χ3n) is 1.82. The van der Waals surface area contributed by atoms with E-state index in [1.807, 2.05) is 31.2 Å². The van der Waals surface area contributed by atoms with Crippen molar-refractivity contribution < 1.29 is 14.6 Å². The Balaban J connectivity index is 2.51. The number of rotatable bonds is 4. The van der Waals surface area contributed by atoms with Gasteiger partial charge in [0.15, 0.2) is 0 Å². The molecule has 76 valence electrons. The van der Waals surface area contributed by atoms with E-state index >= 15 is 0 Å². The molecule has 0 saturated heterocycles. The molecule has 0 aliphatic carbocycles. The maximum absolute atomic E-state index is 10.4. The number of aryl methyl sites for hydroxylation is 1. The highest BCUT2D eigenvalue weighted by molar-refractivity contribution is 5.67. The standard InChI is InChI=1S/C11H14O3/c1-8-3-5-10(6-4-8)14-9(2)7-11(12)13/h3-6,9H,7H2,1-2H3,(H,12,13). The van der Waals surface area contributed by atoms with Crippen LogP contribution in [0.25, 0.3) is 0 Å². The van der Waals surface area contributed by atoms with Crippen LogP contribution in [-0.4, -0.2) is 17.2 Å². The van der Waals surface area contributed by atoms with Crippen molar-refractivity contribution >= 4 is 5.97 Å². The van der Waals surface area contributed by atoms with Crippen molar-refractivity contribution in [2.45, 2.75) is 26.4 Å². The van der Waals surface area contributed by atoms with Gasteiger partial charge in [-0.05, 0) is 26.0 Å². The smallest absolute Gasteiger partial charge is 0.307 e. The first-order valence-electron chi connectivity index (χ1n) is 4.53. The van der Waals surface area contributed by atoms with E-state index in [0.29, 0.717) is 5.75 Å². The summed E-state index contributed by atoms with van der Waals surface area (Å²) in [6, 6.07) is 7.55. The summed E-state index contributed by atoms with van der Waals surface area (Å²) in [5.41, 5.74) is 1.16. The molecule has 0 fully saturated rings. The fourth-order valence-electron chi connectivity index (χ4n) is 1.14. The van der Waals surface area contributed by atoms with Crippen LogP contribution in [0.1, 0.15) is 18.9 Å². The molecular weight excluding hydrogens is 180 g/mol. The summed E-state index contributed by atoms with van der Waals surface area (Å²) >= 11 is 0. The van der Waals surface area contributed by atoms with Crippen LogP contribution in [0.15, 0.2) is 24.3 Å². The number of carboxylic acid groups (broad SMARTS) is 1. The van der Waals surface area contributed by atoms with Crippen LogP contribution in [-0.2, 0) is 4.79 Å². The average Bonchev–Trinajstić information content (AvgIpc) is 2.07. The molecule has 0 aliphatic rings. The van der Waals surface area contributed by atoms with E-state index in [4.69, 9.17) is 9.84 Å². The van der Waals surface area contributed by atoms with Crippen molar-refractivity contribution in [2.24, 2.45) is 0 Å². The van der Waals surface area contributed by atoms with Gasteiger partial charge in [0.2, 0.25) is 0 Å². The minimum Gasteiger partial charge on any atom is -0.490 e. The molecule has 1 rings (SSSR count). The van der Waals surface area contributed by atoms with Crippen molar-refractivity contribution in [1.82, 2.24) is 0 Å². The van der Waals surface area contributed by atoms with E-state index in [9.17, 15) is 4.79 Å². The number of aliphatic carboxylic acids is 1. The first-order chi connectivity index (χ1) is 6.58. The Hall–Kier alpha value is -1.51. The van der Waals surface area contributed by atoms with E-state index in [1.54, 1.807) is 6.92 Å². The van der Waals surface area contributed by atoms with Crippen molar-refractivity contribution in [3.8, 4) is 5.75 Å². The second kappa shape index (κ2) is 4.65. The molecule has 0 saturated carbocycles. The lowest BCUT2D eigenvalue weighted by molar-refractivity contribution is -0.138. The van der Waals surface area contributed by atoms with Crippen molar-refractivity contribution in [3.05, 3.63) is 29.8 Å². The predicted molar refractivity (Wildman–Crippen MR) is 53.5 cm³/mol. The molecule has 0 spiro atoms. The van der Waals surface area contributed by atoms with E-state index in [0.717, 1.165) is 5.56 Å². The quantitative estimate of drug-likeness (QED) is 0.799. The van der Waals surface area contributed by atoms with Gasteiger partial charge in [0.05, 0.1) is 6.42 Å². The number of carbonyl (C=O) groups is 1. The molecule has 1 N–H and O–H groups in total. The van der Waals surface area contributed by atoms with E-state index in [2.05, 4.69) is 0 Å². The van der Waals surface area contributed by atoms with Gasteiger partial charge in [-0.3, -0.25) is 4.79 Å². The van der Waals surface area contributed by atoms with Gasteiger partial charge in [-0.15, -0.1) is 0 Å². The highest BCUT2D eigenvalue weighted by atomic mass is 16.5. The van der Waals surface area contributed by atoms with Gasteiger partial charge >= 0.3 is 5.97 Å². The molecule has 3 nitrogen and oxygen atoms in total. The molecule has 0 amide bonds. The highest BCUT2D eigenvalue weighted by Crippen LogP contribution is 2.14. The maximum atomic E-state index is 10.4. The number of benzene rings is 1. The fourth-order valence-corrected chi connectivity index (χ4v) is 1.14. The Labute approximate surface area is 83.3 Å². The molecular formula is C11H14O3. The lowest BCUT2D eigenvalue weighted by Crippen LogP contribution is -2.16. The largest absolute Gasteiger partial charge is 0.490 e. The first-order valence-corrected chi connectivity index (χ1v) is 4.53. The Morgan fingerprint density at radius 2 is 2.00 bits per heavy atom. The average molecular weight is 194 g/mol. The lowest BCUT2D eigenvalue weighted by atomic mass is 10.2. The molecule has 3 heteroatoms. The molecule has 0 heterocycles. The van der Waals surface area contributed by atoms with Gasteiger partial charge in [-0.1, -0.05) is 17.7 Å². The Kier molecular flexibility index (Phi) is 3.51. The van der Waals surface area contributed by atoms with Crippen LogP contribution >= 0.6 is 0 Å². The summed E-state index contributed by atoms with van der Waals surface area (Å²) in [5, 5.41) is 8.53. The lowest BCUT2D eigenvalue weighted by Gasteiger charge is -2.12. The van der Waals surface area contributed by atoms with E-state index in [1.165, 1.54) is 0 Å². The van der Waals surface area contributed by atoms with Gasteiger partial charge in [0.1, 0.15) is 11.9 Å². The predicted octanol–water partition coefficient (Wildman–Crippen LogP) is 2.24. The third kappa shape index (κ3) is 3.47. The minimum atomic E-state index is -0.843. The zero-order chi connectivity index (χ0) is 10.6. The second-order valence-electron chi connectivity index (χ2n) is 3.34. The summed E-state index contributed by atoms with van der Waals surface area (Å²) in [5.74, 6) is -0.131. The van der Waals surface area contributed by atoms with E-state index in [-0.39, 0.29) is 12.5 Å². The number of carboxylic acids is 1. The van der Waals surface area contributed by atoms with Crippen LogP contribution in [0.3, 0.4) is 0 Å². The Morgan fingerprint density at radius 3 is 2.50 bits per heavy atom. The number of hydrogen-bond acceptors (Lipinski definition) is 2. The zero-order valence-corrected chi connectivity index (χ0v) is 8.36.